The number of hydrogen-bond donors (Lipinski definition) is 1. The van der Waals surface area contributed by atoms with Gasteiger partial charge in [0.25, 0.3) is 0 Å². The molecule has 2 amide bonds. The highest BCUT2D eigenvalue weighted by molar-refractivity contribution is 7.15. The third-order valence-corrected chi connectivity index (χ3v) is 11.2. The zero-order chi connectivity index (χ0) is 23.5. The highest BCUT2D eigenvalue weighted by Crippen LogP contribution is 2.66. The summed E-state index contributed by atoms with van der Waals surface area (Å²) in [6.45, 7) is 11.9. The van der Waals surface area contributed by atoms with E-state index in [9.17, 15) is 9.59 Å². The Hall–Kier alpha value is -1.69. The van der Waals surface area contributed by atoms with Gasteiger partial charge in [0.15, 0.2) is 5.13 Å². The molecule has 3 aliphatic carbocycles. The molecule has 180 valence electrons. The molecule has 6 heteroatoms. The minimum atomic E-state index is 0.0875. The van der Waals surface area contributed by atoms with E-state index in [1.54, 1.807) is 11.3 Å². The summed E-state index contributed by atoms with van der Waals surface area (Å²) < 4.78 is 0. The number of aryl methyl sites for hydroxylation is 2. The summed E-state index contributed by atoms with van der Waals surface area (Å²) in [6.07, 6.45) is 11.9. The molecule has 0 radical (unpaired) electrons. The van der Waals surface area contributed by atoms with Gasteiger partial charge in [-0.25, -0.2) is 4.98 Å². The van der Waals surface area contributed by atoms with Crippen molar-refractivity contribution in [3.63, 3.8) is 0 Å². The molecule has 0 bridgehead atoms. The van der Waals surface area contributed by atoms with Crippen molar-refractivity contribution in [2.75, 3.05) is 11.9 Å². The summed E-state index contributed by atoms with van der Waals surface area (Å²) in [6, 6.07) is 0.346. The van der Waals surface area contributed by atoms with Gasteiger partial charge in [-0.1, -0.05) is 19.9 Å². The molecule has 1 aliphatic heterocycles. The van der Waals surface area contributed by atoms with Gasteiger partial charge in [-0.15, -0.1) is 11.3 Å². The molecule has 0 spiro atoms. The van der Waals surface area contributed by atoms with E-state index in [2.05, 4.69) is 49.0 Å². The number of carbonyl (C=O) groups excluding carboxylic acids is 2. The Morgan fingerprint density at radius 3 is 2.67 bits per heavy atom. The fourth-order valence-corrected chi connectivity index (χ4v) is 9.17. The number of rotatable bonds is 4. The second-order valence-corrected chi connectivity index (χ2v) is 12.7. The number of hydrogen-bond acceptors (Lipinski definition) is 4. The van der Waals surface area contributed by atoms with Gasteiger partial charge >= 0.3 is 0 Å². The lowest BCUT2D eigenvalue weighted by Crippen LogP contribution is -2.60. The molecule has 0 saturated heterocycles. The van der Waals surface area contributed by atoms with Crippen molar-refractivity contribution < 1.29 is 9.59 Å². The van der Waals surface area contributed by atoms with Crippen molar-refractivity contribution >= 4 is 28.3 Å². The first kappa shape index (κ1) is 23.1. The smallest absolute Gasteiger partial charge is 0.246 e. The lowest BCUT2D eigenvalue weighted by atomic mass is 9.47. The number of carbonyl (C=O) groups is 2. The molecule has 4 aliphatic rings. The van der Waals surface area contributed by atoms with Crippen molar-refractivity contribution in [3.05, 3.63) is 22.7 Å². The monoisotopic (exact) mass is 469 g/mol. The van der Waals surface area contributed by atoms with Crippen LogP contribution in [0.5, 0.6) is 0 Å². The molecule has 1 aromatic rings. The Kier molecular flexibility index (Phi) is 5.74. The predicted molar refractivity (Wildman–Crippen MR) is 133 cm³/mol. The minimum Gasteiger partial charge on any atom is -0.336 e. The lowest BCUT2D eigenvalue weighted by Gasteiger charge is -2.60. The average molecular weight is 470 g/mol. The Bertz CT molecular complexity index is 967. The summed E-state index contributed by atoms with van der Waals surface area (Å²) >= 11 is 1.57. The zero-order valence-electron chi connectivity index (χ0n) is 20.8. The SMILES string of the molecule is CCN1C(=O)C=C[C@]2(C)[C@H]3CC[C@]4(C)[C@@H](CC(=O)Nc5nc(C)c(C)s5)CC[C@H]4[C@@H]3CC[C@@H]12. The van der Waals surface area contributed by atoms with Crippen LogP contribution in [0.4, 0.5) is 5.13 Å². The molecule has 1 aromatic heterocycles. The molecule has 5 rings (SSSR count). The van der Waals surface area contributed by atoms with Crippen LogP contribution >= 0.6 is 11.3 Å². The Balaban J connectivity index is 1.31. The van der Waals surface area contributed by atoms with Gasteiger partial charge in [-0.2, -0.15) is 0 Å². The van der Waals surface area contributed by atoms with Crippen molar-refractivity contribution in [1.82, 2.24) is 9.88 Å². The third kappa shape index (κ3) is 3.59. The number of anilines is 1. The molecular weight excluding hydrogens is 430 g/mol. The van der Waals surface area contributed by atoms with Crippen LogP contribution in [0, 0.1) is 48.3 Å². The Morgan fingerprint density at radius 1 is 1.18 bits per heavy atom. The number of likely N-dealkylation sites (N-methyl/N-ethyl adjacent to an activating group) is 1. The number of thiazole rings is 1. The maximum atomic E-state index is 12.9. The summed E-state index contributed by atoms with van der Waals surface area (Å²) in [5.74, 6) is 2.81. The first-order valence-corrected chi connectivity index (χ1v) is 13.7. The van der Waals surface area contributed by atoms with E-state index in [-0.39, 0.29) is 22.6 Å². The van der Waals surface area contributed by atoms with Gasteiger partial charge in [0, 0.05) is 29.3 Å². The highest BCUT2D eigenvalue weighted by atomic mass is 32.1. The van der Waals surface area contributed by atoms with Crippen LogP contribution in [0.15, 0.2) is 12.2 Å². The van der Waals surface area contributed by atoms with E-state index in [1.807, 2.05) is 13.0 Å². The fourth-order valence-electron chi connectivity index (χ4n) is 8.34. The van der Waals surface area contributed by atoms with E-state index in [0.29, 0.717) is 36.1 Å². The average Bonchev–Trinajstić information content (AvgIpc) is 3.26. The molecule has 2 heterocycles. The number of aromatic nitrogens is 1. The van der Waals surface area contributed by atoms with Crippen molar-refractivity contribution in [3.8, 4) is 0 Å². The number of amides is 2. The molecular formula is C27H39N3O2S. The zero-order valence-corrected chi connectivity index (χ0v) is 21.6. The predicted octanol–water partition coefficient (Wildman–Crippen LogP) is 5.73. The van der Waals surface area contributed by atoms with Gasteiger partial charge in [0.2, 0.25) is 11.8 Å². The third-order valence-electron chi connectivity index (χ3n) is 10.2. The van der Waals surface area contributed by atoms with Crippen LogP contribution in [0.1, 0.15) is 76.3 Å². The maximum absolute atomic E-state index is 12.9. The van der Waals surface area contributed by atoms with Crippen molar-refractivity contribution in [1.29, 1.82) is 0 Å². The Morgan fingerprint density at radius 2 is 1.97 bits per heavy atom. The number of fused-ring (bicyclic) bond motifs is 5. The normalized spacial score (nSPS) is 39.7. The van der Waals surface area contributed by atoms with E-state index in [1.165, 1.54) is 30.6 Å². The molecule has 33 heavy (non-hydrogen) atoms. The molecule has 3 saturated carbocycles. The number of nitrogens with zero attached hydrogens (tertiary/aromatic N) is 2. The van der Waals surface area contributed by atoms with Crippen LogP contribution in [-0.4, -0.2) is 34.3 Å². The Labute approximate surface area is 202 Å². The lowest BCUT2D eigenvalue weighted by molar-refractivity contribution is -0.141. The van der Waals surface area contributed by atoms with Crippen molar-refractivity contribution in [2.45, 2.75) is 85.6 Å². The summed E-state index contributed by atoms with van der Waals surface area (Å²) in [5.41, 5.74) is 1.34. The first-order valence-electron chi connectivity index (χ1n) is 12.9. The van der Waals surface area contributed by atoms with Crippen LogP contribution in [0.3, 0.4) is 0 Å². The summed E-state index contributed by atoms with van der Waals surface area (Å²) in [4.78, 5) is 33.2. The molecule has 3 fully saturated rings. The summed E-state index contributed by atoms with van der Waals surface area (Å²) in [5, 5.41) is 3.82. The number of nitrogens with one attached hydrogen (secondary N) is 1. The van der Waals surface area contributed by atoms with E-state index < -0.39 is 0 Å². The molecule has 7 atom stereocenters. The largest absolute Gasteiger partial charge is 0.336 e. The molecule has 0 unspecified atom stereocenters. The van der Waals surface area contributed by atoms with Gasteiger partial charge in [-0.3, -0.25) is 9.59 Å². The van der Waals surface area contributed by atoms with Gasteiger partial charge in [-0.05, 0) is 94.5 Å². The van der Waals surface area contributed by atoms with Crippen molar-refractivity contribution in [2.24, 2.45) is 34.5 Å². The second-order valence-electron chi connectivity index (χ2n) is 11.5. The topological polar surface area (TPSA) is 62.3 Å². The second kappa shape index (κ2) is 8.21. The van der Waals surface area contributed by atoms with Gasteiger partial charge in [0.1, 0.15) is 0 Å². The standard InChI is InChI=1S/C27H39N3O2S/c1-6-30-22-10-8-19-20-9-7-18(15-23(31)29-25-28-16(2)17(3)33-25)26(20,4)13-11-21(19)27(22,5)14-12-24(30)32/h12,14,18-22H,6-11,13,15H2,1-5H3,(H,28,29,31)/t18-,19+,20+,21+,22-,26-,27-/m1/s1. The van der Waals surface area contributed by atoms with Crippen LogP contribution in [0.25, 0.3) is 0 Å². The van der Waals surface area contributed by atoms with E-state index >= 15 is 0 Å². The molecule has 5 nitrogen and oxygen atoms in total. The van der Waals surface area contributed by atoms with E-state index in [4.69, 9.17) is 0 Å². The fraction of sp³-hybridized carbons (Fsp3) is 0.741. The van der Waals surface area contributed by atoms with Crippen LogP contribution in [-0.2, 0) is 9.59 Å². The molecule has 0 aromatic carbocycles. The maximum Gasteiger partial charge on any atom is 0.246 e. The highest BCUT2D eigenvalue weighted by Gasteiger charge is 2.60. The quantitative estimate of drug-likeness (QED) is 0.612. The minimum absolute atomic E-state index is 0.0875. The van der Waals surface area contributed by atoms with Gasteiger partial charge in [0.05, 0.1) is 5.69 Å². The van der Waals surface area contributed by atoms with Gasteiger partial charge < -0.3 is 10.2 Å². The van der Waals surface area contributed by atoms with E-state index in [0.717, 1.165) is 30.2 Å². The first-order chi connectivity index (χ1) is 15.7. The summed E-state index contributed by atoms with van der Waals surface area (Å²) in [7, 11) is 0. The molecule has 1 N–H and O–H groups in total. The van der Waals surface area contributed by atoms with Crippen LogP contribution in [0.2, 0.25) is 0 Å². The van der Waals surface area contributed by atoms with Crippen LogP contribution < -0.4 is 5.32 Å².